The molecule has 1 amide bonds. The SMILES string of the molecule is CN1CCN(NC(=O)c2nnc3n(c2=O)CCN3c2ccc(F)cc2)CC1. The Bertz CT molecular complexity index is 906. The molecule has 3 heterocycles. The monoisotopic (exact) mass is 373 g/mol. The van der Waals surface area contributed by atoms with Crippen LogP contribution in [0.25, 0.3) is 0 Å². The molecule has 2 aliphatic heterocycles. The van der Waals surface area contributed by atoms with Gasteiger partial charge >= 0.3 is 0 Å². The van der Waals surface area contributed by atoms with E-state index >= 15 is 0 Å². The van der Waals surface area contributed by atoms with E-state index in [0.717, 1.165) is 13.1 Å². The molecule has 2 aliphatic rings. The first-order valence-electron chi connectivity index (χ1n) is 8.78. The van der Waals surface area contributed by atoms with Gasteiger partial charge in [-0.25, -0.2) is 9.40 Å². The molecule has 0 atom stereocenters. The van der Waals surface area contributed by atoms with Gasteiger partial charge in [0.25, 0.3) is 11.5 Å². The molecule has 9 nitrogen and oxygen atoms in total. The smallest absolute Gasteiger partial charge is 0.291 e. The van der Waals surface area contributed by atoms with Crippen molar-refractivity contribution in [2.45, 2.75) is 6.54 Å². The number of hydrogen-bond donors (Lipinski definition) is 1. The van der Waals surface area contributed by atoms with Gasteiger partial charge in [0.15, 0.2) is 0 Å². The van der Waals surface area contributed by atoms with Gasteiger partial charge in [-0.2, -0.15) is 0 Å². The van der Waals surface area contributed by atoms with E-state index in [9.17, 15) is 14.0 Å². The standard InChI is InChI=1S/C17H20FN7O2/c1-22-6-8-23(9-7-22)21-15(26)14-16(27)25-11-10-24(17(25)20-19-14)13-4-2-12(18)3-5-13/h2-5H,6-11H2,1H3,(H,21,26). The summed E-state index contributed by atoms with van der Waals surface area (Å²) in [4.78, 5) is 29.1. The number of carbonyl (C=O) groups excluding carboxylic acids is 1. The predicted octanol–water partition coefficient (Wildman–Crippen LogP) is -0.179. The number of carbonyl (C=O) groups is 1. The van der Waals surface area contributed by atoms with E-state index in [1.165, 1.54) is 16.7 Å². The summed E-state index contributed by atoms with van der Waals surface area (Å²) in [5.74, 6) is -0.535. The van der Waals surface area contributed by atoms with Crippen molar-refractivity contribution in [3.8, 4) is 0 Å². The fourth-order valence-corrected chi connectivity index (χ4v) is 3.23. The lowest BCUT2D eigenvalue weighted by Gasteiger charge is -2.32. The lowest BCUT2D eigenvalue weighted by Crippen LogP contribution is -2.53. The summed E-state index contributed by atoms with van der Waals surface area (Å²) in [6.07, 6.45) is 0. The molecule has 1 fully saturated rings. The second kappa shape index (κ2) is 7.05. The quantitative estimate of drug-likeness (QED) is 0.799. The maximum atomic E-state index is 13.1. The van der Waals surface area contributed by atoms with Crippen molar-refractivity contribution in [1.82, 2.24) is 30.1 Å². The highest BCUT2D eigenvalue weighted by Crippen LogP contribution is 2.26. The maximum Gasteiger partial charge on any atom is 0.291 e. The van der Waals surface area contributed by atoms with Crippen LogP contribution in [0.1, 0.15) is 10.5 Å². The fourth-order valence-electron chi connectivity index (χ4n) is 3.23. The molecule has 0 saturated carbocycles. The number of halogens is 1. The molecule has 1 aromatic carbocycles. The molecule has 0 bridgehead atoms. The highest BCUT2D eigenvalue weighted by atomic mass is 19.1. The first-order valence-corrected chi connectivity index (χ1v) is 8.78. The molecule has 0 spiro atoms. The van der Waals surface area contributed by atoms with Gasteiger partial charge in [-0.05, 0) is 31.3 Å². The average molecular weight is 373 g/mol. The van der Waals surface area contributed by atoms with E-state index < -0.39 is 11.5 Å². The van der Waals surface area contributed by atoms with Gasteiger partial charge in [-0.1, -0.05) is 0 Å². The Morgan fingerprint density at radius 3 is 2.44 bits per heavy atom. The third kappa shape index (κ3) is 3.40. The van der Waals surface area contributed by atoms with Crippen molar-refractivity contribution >= 4 is 17.5 Å². The number of nitrogens with zero attached hydrogens (tertiary/aromatic N) is 6. The summed E-state index contributed by atoms with van der Waals surface area (Å²) in [5.41, 5.74) is 2.75. The Morgan fingerprint density at radius 1 is 1.04 bits per heavy atom. The van der Waals surface area contributed by atoms with Gasteiger partial charge in [0.1, 0.15) is 5.82 Å². The van der Waals surface area contributed by atoms with E-state index in [0.29, 0.717) is 37.8 Å². The minimum Gasteiger partial charge on any atom is -0.309 e. The van der Waals surface area contributed by atoms with Crippen LogP contribution in [0.5, 0.6) is 0 Å². The fraction of sp³-hybridized carbons (Fsp3) is 0.412. The summed E-state index contributed by atoms with van der Waals surface area (Å²) in [5, 5.41) is 9.74. The molecule has 1 N–H and O–H groups in total. The number of likely N-dealkylation sites (N-methyl/N-ethyl adjacent to an activating group) is 1. The highest BCUT2D eigenvalue weighted by Gasteiger charge is 2.28. The second-order valence-electron chi connectivity index (χ2n) is 6.66. The number of benzene rings is 1. The summed E-state index contributed by atoms with van der Waals surface area (Å²) >= 11 is 0. The minimum atomic E-state index is -0.549. The largest absolute Gasteiger partial charge is 0.309 e. The van der Waals surface area contributed by atoms with E-state index in [1.807, 2.05) is 7.05 Å². The van der Waals surface area contributed by atoms with Crippen molar-refractivity contribution < 1.29 is 9.18 Å². The van der Waals surface area contributed by atoms with Crippen LogP contribution >= 0.6 is 0 Å². The molecule has 27 heavy (non-hydrogen) atoms. The summed E-state index contributed by atoms with van der Waals surface area (Å²) in [7, 11) is 2.02. The van der Waals surface area contributed by atoms with Crippen molar-refractivity contribution in [2.75, 3.05) is 44.7 Å². The van der Waals surface area contributed by atoms with Crippen LogP contribution in [0.2, 0.25) is 0 Å². The van der Waals surface area contributed by atoms with Gasteiger partial charge in [-0.15, -0.1) is 10.2 Å². The average Bonchev–Trinajstić information content (AvgIpc) is 3.09. The first-order chi connectivity index (χ1) is 13.0. The number of anilines is 2. The van der Waals surface area contributed by atoms with Crippen molar-refractivity contribution in [3.63, 3.8) is 0 Å². The van der Waals surface area contributed by atoms with Gasteiger partial charge in [0.05, 0.1) is 0 Å². The van der Waals surface area contributed by atoms with E-state index in [1.54, 1.807) is 22.0 Å². The van der Waals surface area contributed by atoms with Gasteiger partial charge < -0.3 is 9.80 Å². The molecular weight excluding hydrogens is 353 g/mol. The lowest BCUT2D eigenvalue weighted by atomic mass is 10.3. The molecule has 0 unspecified atom stereocenters. The van der Waals surface area contributed by atoms with Crippen molar-refractivity contribution in [1.29, 1.82) is 0 Å². The highest BCUT2D eigenvalue weighted by molar-refractivity contribution is 5.91. The lowest BCUT2D eigenvalue weighted by molar-refractivity contribution is 0.0654. The van der Waals surface area contributed by atoms with Crippen LogP contribution in [-0.4, -0.2) is 70.4 Å². The molecule has 142 valence electrons. The number of rotatable bonds is 3. The Kier molecular flexibility index (Phi) is 4.58. The van der Waals surface area contributed by atoms with E-state index in [2.05, 4.69) is 20.5 Å². The predicted molar refractivity (Wildman–Crippen MR) is 96.2 cm³/mol. The number of amides is 1. The molecule has 1 aromatic heterocycles. The number of nitrogens with one attached hydrogen (secondary N) is 1. The zero-order valence-electron chi connectivity index (χ0n) is 14.9. The van der Waals surface area contributed by atoms with Gasteiger partial charge in [0, 0.05) is 45.0 Å². The zero-order chi connectivity index (χ0) is 19.0. The van der Waals surface area contributed by atoms with Crippen LogP contribution in [-0.2, 0) is 6.54 Å². The molecule has 2 aromatic rings. The Hall–Kier alpha value is -2.85. The zero-order valence-corrected chi connectivity index (χ0v) is 14.9. The minimum absolute atomic E-state index is 0.223. The Balaban J connectivity index is 1.55. The summed E-state index contributed by atoms with van der Waals surface area (Å²) in [6.45, 7) is 3.92. The van der Waals surface area contributed by atoms with Gasteiger partial charge in [-0.3, -0.25) is 19.6 Å². The normalized spacial score (nSPS) is 17.8. The van der Waals surface area contributed by atoms with Crippen LogP contribution < -0.4 is 15.9 Å². The Labute approximate surface area is 155 Å². The molecule has 0 radical (unpaired) electrons. The van der Waals surface area contributed by atoms with Crippen LogP contribution in [0, 0.1) is 5.82 Å². The van der Waals surface area contributed by atoms with E-state index in [4.69, 9.17) is 0 Å². The molecule has 4 rings (SSSR count). The van der Waals surface area contributed by atoms with Crippen molar-refractivity contribution in [3.05, 3.63) is 46.1 Å². The van der Waals surface area contributed by atoms with Gasteiger partial charge in [0.2, 0.25) is 11.6 Å². The molecule has 10 heteroatoms. The first kappa shape index (κ1) is 17.6. The number of fused-ring (bicyclic) bond motifs is 1. The summed E-state index contributed by atoms with van der Waals surface area (Å²) in [6, 6.07) is 5.93. The van der Waals surface area contributed by atoms with E-state index in [-0.39, 0.29) is 11.5 Å². The third-order valence-corrected chi connectivity index (χ3v) is 4.83. The number of hydrazine groups is 1. The maximum absolute atomic E-state index is 13.1. The Morgan fingerprint density at radius 2 is 1.74 bits per heavy atom. The third-order valence-electron chi connectivity index (χ3n) is 4.83. The van der Waals surface area contributed by atoms with Crippen LogP contribution in [0.3, 0.4) is 0 Å². The molecule has 1 saturated heterocycles. The second-order valence-corrected chi connectivity index (χ2v) is 6.66. The number of hydrogen-bond acceptors (Lipinski definition) is 7. The number of piperazine rings is 1. The van der Waals surface area contributed by atoms with Crippen LogP contribution in [0.4, 0.5) is 16.0 Å². The van der Waals surface area contributed by atoms with Crippen LogP contribution in [0.15, 0.2) is 29.1 Å². The van der Waals surface area contributed by atoms with Crippen molar-refractivity contribution in [2.24, 2.45) is 0 Å². The topological polar surface area (TPSA) is 86.6 Å². The molecular formula is C17H20FN7O2. The summed E-state index contributed by atoms with van der Waals surface area (Å²) < 4.78 is 14.6. The number of aromatic nitrogens is 3. The molecule has 0 aliphatic carbocycles.